The van der Waals surface area contributed by atoms with Crippen molar-refractivity contribution >= 4 is 23.2 Å². The molecular weight excluding hydrogens is 329 g/mol. The smallest absolute Gasteiger partial charge is 0.0836 e. The quantitative estimate of drug-likeness (QED) is 0.754. The fourth-order valence-electron chi connectivity index (χ4n) is 2.48. The zero-order chi connectivity index (χ0) is 16.4. The van der Waals surface area contributed by atoms with E-state index in [-0.39, 0.29) is 0 Å². The molecule has 2 N–H and O–H groups in total. The Labute approximate surface area is 145 Å². The Morgan fingerprint density at radius 1 is 1.04 bits per heavy atom. The number of aryl methyl sites for hydroxylation is 1. The first kappa shape index (κ1) is 16.1. The average molecular weight is 346 g/mol. The van der Waals surface area contributed by atoms with Crippen molar-refractivity contribution in [2.24, 2.45) is 5.73 Å². The average Bonchev–Trinajstić information content (AvgIpc) is 2.92. The molecule has 0 aliphatic carbocycles. The van der Waals surface area contributed by atoms with E-state index in [0.717, 1.165) is 23.5 Å². The summed E-state index contributed by atoms with van der Waals surface area (Å²) in [5, 5.41) is 5.73. The Morgan fingerprint density at radius 3 is 2.43 bits per heavy atom. The second kappa shape index (κ2) is 6.75. The highest BCUT2D eigenvalue weighted by Crippen LogP contribution is 2.26. The van der Waals surface area contributed by atoms with Gasteiger partial charge in [-0.05, 0) is 36.8 Å². The normalized spacial score (nSPS) is 11.0. The molecule has 23 heavy (non-hydrogen) atoms. The lowest BCUT2D eigenvalue weighted by Crippen LogP contribution is -2.05. The van der Waals surface area contributed by atoms with Gasteiger partial charge in [0.2, 0.25) is 0 Å². The van der Waals surface area contributed by atoms with Gasteiger partial charge in [-0.15, -0.1) is 0 Å². The molecule has 5 heteroatoms. The monoisotopic (exact) mass is 345 g/mol. The summed E-state index contributed by atoms with van der Waals surface area (Å²) in [6.45, 7) is 2.47. The van der Waals surface area contributed by atoms with Crippen molar-refractivity contribution in [3.63, 3.8) is 0 Å². The maximum atomic E-state index is 6.34. The number of rotatable bonds is 4. The molecule has 0 unspecified atom stereocenters. The van der Waals surface area contributed by atoms with Crippen LogP contribution in [0.5, 0.6) is 0 Å². The number of hydrogen-bond acceptors (Lipinski definition) is 2. The summed E-state index contributed by atoms with van der Waals surface area (Å²) in [4.78, 5) is 0. The van der Waals surface area contributed by atoms with Crippen LogP contribution in [0.3, 0.4) is 0 Å². The molecule has 0 aliphatic rings. The summed E-state index contributed by atoms with van der Waals surface area (Å²) < 4.78 is 1.85. The highest BCUT2D eigenvalue weighted by Gasteiger charge is 2.12. The van der Waals surface area contributed by atoms with Crippen molar-refractivity contribution in [2.75, 3.05) is 0 Å². The molecule has 0 aliphatic heterocycles. The SMILES string of the molecule is Cc1ccc(Cc2cc(CN)nn2-c2ccc(Cl)cc2Cl)cc1. The third kappa shape index (κ3) is 3.58. The van der Waals surface area contributed by atoms with Crippen molar-refractivity contribution in [1.82, 2.24) is 9.78 Å². The Morgan fingerprint density at radius 2 is 1.78 bits per heavy atom. The summed E-state index contributed by atoms with van der Waals surface area (Å²) in [7, 11) is 0. The van der Waals surface area contributed by atoms with Crippen molar-refractivity contribution in [3.05, 3.63) is 81.1 Å². The minimum Gasteiger partial charge on any atom is -0.325 e. The van der Waals surface area contributed by atoms with Gasteiger partial charge >= 0.3 is 0 Å². The number of benzene rings is 2. The zero-order valence-corrected chi connectivity index (χ0v) is 14.3. The van der Waals surface area contributed by atoms with Gasteiger partial charge in [0, 0.05) is 23.7 Å². The second-order valence-corrected chi connectivity index (χ2v) is 6.34. The van der Waals surface area contributed by atoms with Crippen LogP contribution in [0.25, 0.3) is 5.69 Å². The van der Waals surface area contributed by atoms with Gasteiger partial charge in [-0.3, -0.25) is 0 Å². The first-order valence-corrected chi connectivity index (χ1v) is 8.11. The predicted molar refractivity (Wildman–Crippen MR) is 95.5 cm³/mol. The number of aromatic nitrogens is 2. The van der Waals surface area contributed by atoms with Gasteiger partial charge in [-0.2, -0.15) is 5.10 Å². The van der Waals surface area contributed by atoms with E-state index in [0.29, 0.717) is 16.6 Å². The molecule has 2 aromatic carbocycles. The van der Waals surface area contributed by atoms with E-state index in [9.17, 15) is 0 Å². The summed E-state index contributed by atoms with van der Waals surface area (Å²) >= 11 is 12.3. The molecule has 3 nitrogen and oxygen atoms in total. The molecular formula is C18H17Cl2N3. The molecule has 3 aromatic rings. The highest BCUT2D eigenvalue weighted by molar-refractivity contribution is 6.35. The van der Waals surface area contributed by atoms with Gasteiger partial charge in [0.25, 0.3) is 0 Å². The van der Waals surface area contributed by atoms with Crippen LogP contribution >= 0.6 is 23.2 Å². The number of nitrogens with zero attached hydrogens (tertiary/aromatic N) is 2. The summed E-state index contributed by atoms with van der Waals surface area (Å²) in [5.41, 5.74) is 10.9. The van der Waals surface area contributed by atoms with Crippen molar-refractivity contribution < 1.29 is 0 Å². The lowest BCUT2D eigenvalue weighted by Gasteiger charge is -2.10. The minimum absolute atomic E-state index is 0.388. The van der Waals surface area contributed by atoms with Crippen LogP contribution in [0.4, 0.5) is 0 Å². The summed E-state index contributed by atoms with van der Waals surface area (Å²) in [6, 6.07) is 15.9. The second-order valence-electron chi connectivity index (χ2n) is 5.50. The van der Waals surface area contributed by atoms with Gasteiger partial charge in [-0.25, -0.2) is 4.68 Å². The van der Waals surface area contributed by atoms with Gasteiger partial charge in [0.15, 0.2) is 0 Å². The lowest BCUT2D eigenvalue weighted by molar-refractivity contribution is 0.797. The number of hydrogen-bond donors (Lipinski definition) is 1. The molecule has 1 heterocycles. The maximum Gasteiger partial charge on any atom is 0.0836 e. The van der Waals surface area contributed by atoms with E-state index < -0.39 is 0 Å². The predicted octanol–water partition coefficient (Wildman–Crippen LogP) is 4.54. The maximum absolute atomic E-state index is 6.34. The van der Waals surface area contributed by atoms with Crippen molar-refractivity contribution in [3.8, 4) is 5.69 Å². The molecule has 0 fully saturated rings. The van der Waals surface area contributed by atoms with E-state index in [4.69, 9.17) is 28.9 Å². The third-order valence-electron chi connectivity index (χ3n) is 3.69. The molecule has 0 radical (unpaired) electrons. The van der Waals surface area contributed by atoms with Gasteiger partial charge in [-0.1, -0.05) is 53.0 Å². The lowest BCUT2D eigenvalue weighted by atomic mass is 10.1. The van der Waals surface area contributed by atoms with E-state index in [2.05, 4.69) is 36.3 Å². The molecule has 1 aromatic heterocycles. The van der Waals surface area contributed by atoms with Crippen LogP contribution in [0.2, 0.25) is 10.0 Å². The fourth-order valence-corrected chi connectivity index (χ4v) is 2.97. The van der Waals surface area contributed by atoms with E-state index >= 15 is 0 Å². The standard InChI is InChI=1S/C18H17Cl2N3/c1-12-2-4-13(5-3-12)8-16-10-15(11-21)22-23(16)18-7-6-14(19)9-17(18)20/h2-7,9-10H,8,11,21H2,1H3. The largest absolute Gasteiger partial charge is 0.325 e. The van der Waals surface area contributed by atoms with Gasteiger partial charge in [0.05, 0.1) is 16.4 Å². The van der Waals surface area contributed by atoms with Crippen LogP contribution < -0.4 is 5.73 Å². The Hall–Kier alpha value is -1.81. The molecule has 0 atom stereocenters. The minimum atomic E-state index is 0.388. The van der Waals surface area contributed by atoms with Gasteiger partial charge < -0.3 is 5.73 Å². The topological polar surface area (TPSA) is 43.8 Å². The first-order valence-electron chi connectivity index (χ1n) is 7.35. The van der Waals surface area contributed by atoms with Crippen LogP contribution in [-0.2, 0) is 13.0 Å². The van der Waals surface area contributed by atoms with Crippen LogP contribution in [-0.4, -0.2) is 9.78 Å². The molecule has 118 valence electrons. The van der Waals surface area contributed by atoms with Crippen LogP contribution in [0.1, 0.15) is 22.5 Å². The fraction of sp³-hybridized carbons (Fsp3) is 0.167. The Bertz CT molecular complexity index is 823. The van der Waals surface area contributed by atoms with Crippen molar-refractivity contribution in [2.45, 2.75) is 19.9 Å². The molecule has 0 saturated carbocycles. The van der Waals surface area contributed by atoms with Gasteiger partial charge in [0.1, 0.15) is 0 Å². The zero-order valence-electron chi connectivity index (χ0n) is 12.8. The Balaban J connectivity index is 2.03. The number of halogens is 2. The molecule has 0 bridgehead atoms. The molecule has 0 saturated heterocycles. The summed E-state index contributed by atoms with van der Waals surface area (Å²) in [5.74, 6) is 0. The third-order valence-corrected chi connectivity index (χ3v) is 4.22. The Kier molecular flexibility index (Phi) is 4.71. The molecule has 0 spiro atoms. The molecule has 0 amide bonds. The van der Waals surface area contributed by atoms with E-state index in [1.54, 1.807) is 6.07 Å². The highest BCUT2D eigenvalue weighted by atomic mass is 35.5. The van der Waals surface area contributed by atoms with E-state index in [1.165, 1.54) is 11.1 Å². The number of nitrogens with two attached hydrogens (primary N) is 1. The van der Waals surface area contributed by atoms with Crippen LogP contribution in [0.15, 0.2) is 48.5 Å². The molecule has 3 rings (SSSR count). The summed E-state index contributed by atoms with van der Waals surface area (Å²) in [6.07, 6.45) is 0.756. The van der Waals surface area contributed by atoms with Crippen molar-refractivity contribution in [1.29, 1.82) is 0 Å². The van der Waals surface area contributed by atoms with E-state index in [1.807, 2.05) is 22.9 Å². The van der Waals surface area contributed by atoms with Crippen LogP contribution in [0, 0.1) is 6.92 Å². The first-order chi connectivity index (χ1) is 11.1.